The zero-order valence-corrected chi connectivity index (χ0v) is 13.1. The predicted octanol–water partition coefficient (Wildman–Crippen LogP) is 3.25. The van der Waals surface area contributed by atoms with E-state index in [1.807, 2.05) is 6.92 Å². The molecule has 0 aliphatic carbocycles. The smallest absolute Gasteiger partial charge is 0.128 e. The third-order valence-electron chi connectivity index (χ3n) is 3.31. The minimum absolute atomic E-state index is 0.0200. The van der Waals surface area contributed by atoms with Gasteiger partial charge in [-0.15, -0.1) is 0 Å². The number of hydrogen-bond donors (Lipinski definition) is 3. The first-order chi connectivity index (χ1) is 11.0. The first-order valence-electron chi connectivity index (χ1n) is 7.24. The van der Waals surface area contributed by atoms with E-state index in [0.29, 0.717) is 29.2 Å². The van der Waals surface area contributed by atoms with Gasteiger partial charge in [-0.1, -0.05) is 12.2 Å². The van der Waals surface area contributed by atoms with Crippen molar-refractivity contribution in [3.63, 3.8) is 0 Å². The number of ether oxygens (including phenoxy) is 2. The highest BCUT2D eigenvalue weighted by Gasteiger charge is 2.12. The number of methoxy groups -OCH3 is 1. The second-order valence-corrected chi connectivity index (χ2v) is 4.88. The molecule has 0 aliphatic rings. The van der Waals surface area contributed by atoms with Gasteiger partial charge in [0.1, 0.15) is 29.1 Å². The fourth-order valence-electron chi connectivity index (χ4n) is 2.16. The third kappa shape index (κ3) is 4.17. The third-order valence-corrected chi connectivity index (χ3v) is 3.31. The van der Waals surface area contributed by atoms with Crippen LogP contribution < -0.4 is 9.47 Å². The van der Waals surface area contributed by atoms with E-state index in [0.717, 1.165) is 0 Å². The van der Waals surface area contributed by atoms with Crippen LogP contribution in [0.4, 0.5) is 0 Å². The number of aliphatic hydroxyl groups excluding tert-OH is 1. The molecular formula is C18H20O5. The summed E-state index contributed by atoms with van der Waals surface area (Å²) in [4.78, 5) is 0. The van der Waals surface area contributed by atoms with Crippen molar-refractivity contribution in [1.82, 2.24) is 0 Å². The summed E-state index contributed by atoms with van der Waals surface area (Å²) in [5, 5.41) is 29.3. The minimum Gasteiger partial charge on any atom is -0.508 e. The van der Waals surface area contributed by atoms with E-state index in [-0.39, 0.29) is 11.5 Å². The number of aliphatic hydroxyl groups is 1. The predicted molar refractivity (Wildman–Crippen MR) is 87.9 cm³/mol. The van der Waals surface area contributed by atoms with E-state index in [1.165, 1.54) is 25.3 Å². The number of phenols is 2. The maximum atomic E-state index is 10.3. The van der Waals surface area contributed by atoms with Crippen LogP contribution in [-0.2, 0) is 0 Å². The summed E-state index contributed by atoms with van der Waals surface area (Å²) < 4.78 is 10.7. The van der Waals surface area contributed by atoms with Crippen LogP contribution >= 0.6 is 0 Å². The number of benzene rings is 2. The van der Waals surface area contributed by atoms with Gasteiger partial charge in [-0.3, -0.25) is 0 Å². The normalized spacial score (nSPS) is 12.3. The summed E-state index contributed by atoms with van der Waals surface area (Å²) in [6.07, 6.45) is 2.20. The first kappa shape index (κ1) is 16.7. The van der Waals surface area contributed by atoms with E-state index in [2.05, 4.69) is 0 Å². The Kier molecular flexibility index (Phi) is 5.49. The molecule has 0 aromatic heterocycles. The molecule has 0 spiro atoms. The van der Waals surface area contributed by atoms with Gasteiger partial charge in [0.25, 0.3) is 0 Å². The van der Waals surface area contributed by atoms with Crippen LogP contribution in [0.2, 0.25) is 0 Å². The summed E-state index contributed by atoms with van der Waals surface area (Å²) in [6.45, 7) is 2.44. The van der Waals surface area contributed by atoms with Gasteiger partial charge in [0.05, 0.1) is 13.7 Å². The fraction of sp³-hybridized carbons (Fsp3) is 0.222. The van der Waals surface area contributed by atoms with E-state index >= 15 is 0 Å². The molecule has 0 amide bonds. The number of rotatable bonds is 6. The lowest BCUT2D eigenvalue weighted by atomic mass is 10.1. The molecule has 2 aromatic carbocycles. The van der Waals surface area contributed by atoms with Crippen molar-refractivity contribution in [2.24, 2.45) is 0 Å². The highest BCUT2D eigenvalue weighted by molar-refractivity contribution is 5.59. The highest BCUT2D eigenvalue weighted by atomic mass is 16.5. The molecule has 0 saturated heterocycles. The summed E-state index contributed by atoms with van der Waals surface area (Å²) in [5.74, 6) is 1.10. The van der Waals surface area contributed by atoms with Gasteiger partial charge in [-0.2, -0.15) is 0 Å². The molecule has 1 atom stereocenters. The standard InChI is InChI=1S/C18H20O5/c1-3-23-14-7-8-15(18(11-14)22-2)16(20)9-5-12-4-6-13(19)10-17(12)21/h4-11,16,19-21H,3H2,1-2H3. The molecule has 5 nitrogen and oxygen atoms in total. The van der Waals surface area contributed by atoms with Crippen molar-refractivity contribution >= 4 is 6.08 Å². The Bertz CT molecular complexity index is 694. The van der Waals surface area contributed by atoms with Gasteiger partial charge >= 0.3 is 0 Å². The Labute approximate surface area is 135 Å². The van der Waals surface area contributed by atoms with E-state index in [9.17, 15) is 15.3 Å². The molecule has 0 radical (unpaired) electrons. The highest BCUT2D eigenvalue weighted by Crippen LogP contribution is 2.31. The molecule has 0 aliphatic heterocycles. The van der Waals surface area contributed by atoms with Crippen LogP contribution in [0, 0.1) is 0 Å². The van der Waals surface area contributed by atoms with Crippen LogP contribution in [0.15, 0.2) is 42.5 Å². The van der Waals surface area contributed by atoms with Crippen LogP contribution in [0.3, 0.4) is 0 Å². The summed E-state index contributed by atoms with van der Waals surface area (Å²) >= 11 is 0. The zero-order chi connectivity index (χ0) is 16.8. The van der Waals surface area contributed by atoms with Crippen molar-refractivity contribution in [1.29, 1.82) is 0 Å². The lowest BCUT2D eigenvalue weighted by molar-refractivity contribution is 0.223. The van der Waals surface area contributed by atoms with Crippen LogP contribution in [0.25, 0.3) is 6.08 Å². The monoisotopic (exact) mass is 316 g/mol. The van der Waals surface area contributed by atoms with Gasteiger partial charge in [0, 0.05) is 23.3 Å². The molecule has 2 aromatic rings. The van der Waals surface area contributed by atoms with Crippen LogP contribution in [0.5, 0.6) is 23.0 Å². The second-order valence-electron chi connectivity index (χ2n) is 4.88. The van der Waals surface area contributed by atoms with Crippen LogP contribution in [0.1, 0.15) is 24.2 Å². The number of phenolic OH excluding ortho intramolecular Hbond substituents is 2. The van der Waals surface area contributed by atoms with Gasteiger partial charge in [0.2, 0.25) is 0 Å². The summed E-state index contributed by atoms with van der Waals surface area (Å²) in [6, 6.07) is 9.47. The quantitative estimate of drug-likeness (QED) is 0.762. The Balaban J connectivity index is 2.22. The molecule has 1 unspecified atom stereocenters. The molecule has 0 fully saturated rings. The molecule has 0 saturated carbocycles. The molecule has 0 heterocycles. The van der Waals surface area contributed by atoms with Crippen molar-refractivity contribution in [2.45, 2.75) is 13.0 Å². The second kappa shape index (κ2) is 7.56. The SMILES string of the molecule is CCOc1ccc(C(O)C=Cc2ccc(O)cc2O)c(OC)c1. The van der Waals surface area contributed by atoms with E-state index in [1.54, 1.807) is 30.3 Å². The molecule has 0 bridgehead atoms. The summed E-state index contributed by atoms with van der Waals surface area (Å²) in [7, 11) is 1.52. The molecule has 2 rings (SSSR count). The van der Waals surface area contributed by atoms with Crippen LogP contribution in [-0.4, -0.2) is 29.0 Å². The van der Waals surface area contributed by atoms with Crippen molar-refractivity contribution in [2.75, 3.05) is 13.7 Å². The Hall–Kier alpha value is -2.66. The molecule has 5 heteroatoms. The zero-order valence-electron chi connectivity index (χ0n) is 13.1. The maximum absolute atomic E-state index is 10.3. The van der Waals surface area contributed by atoms with Crippen molar-refractivity contribution in [3.8, 4) is 23.0 Å². The fourth-order valence-corrected chi connectivity index (χ4v) is 2.16. The lowest BCUT2D eigenvalue weighted by Crippen LogP contribution is -1.99. The number of aromatic hydroxyl groups is 2. The van der Waals surface area contributed by atoms with E-state index < -0.39 is 6.10 Å². The van der Waals surface area contributed by atoms with Gasteiger partial charge in [-0.25, -0.2) is 0 Å². The average Bonchev–Trinajstić information content (AvgIpc) is 2.54. The van der Waals surface area contributed by atoms with Gasteiger partial charge in [-0.05, 0) is 31.2 Å². The largest absolute Gasteiger partial charge is 0.508 e. The molecular weight excluding hydrogens is 296 g/mol. The van der Waals surface area contributed by atoms with Gasteiger partial charge < -0.3 is 24.8 Å². The Morgan fingerprint density at radius 3 is 2.57 bits per heavy atom. The topological polar surface area (TPSA) is 79.2 Å². The first-order valence-corrected chi connectivity index (χ1v) is 7.24. The lowest BCUT2D eigenvalue weighted by Gasteiger charge is -2.13. The van der Waals surface area contributed by atoms with Crippen molar-refractivity contribution < 1.29 is 24.8 Å². The molecule has 3 N–H and O–H groups in total. The maximum Gasteiger partial charge on any atom is 0.128 e. The van der Waals surface area contributed by atoms with Crippen molar-refractivity contribution in [3.05, 3.63) is 53.6 Å². The Morgan fingerprint density at radius 1 is 1.13 bits per heavy atom. The van der Waals surface area contributed by atoms with Gasteiger partial charge in [0.15, 0.2) is 0 Å². The minimum atomic E-state index is -0.908. The molecule has 23 heavy (non-hydrogen) atoms. The molecule has 122 valence electrons. The van der Waals surface area contributed by atoms with E-state index in [4.69, 9.17) is 9.47 Å². The Morgan fingerprint density at radius 2 is 1.91 bits per heavy atom. The average molecular weight is 316 g/mol. The number of hydrogen-bond acceptors (Lipinski definition) is 5. The summed E-state index contributed by atoms with van der Waals surface area (Å²) in [5.41, 5.74) is 1.08.